The predicted molar refractivity (Wildman–Crippen MR) is 141 cm³/mol. The van der Waals surface area contributed by atoms with E-state index < -0.39 is 21.7 Å². The van der Waals surface area contributed by atoms with Crippen LogP contribution in [0.25, 0.3) is 0 Å². The van der Waals surface area contributed by atoms with E-state index in [1.165, 1.54) is 24.3 Å². The van der Waals surface area contributed by atoms with Gasteiger partial charge in [0, 0.05) is 24.3 Å². The molecule has 0 spiro atoms. The lowest BCUT2D eigenvalue weighted by Gasteiger charge is -2.17. The van der Waals surface area contributed by atoms with Gasteiger partial charge >= 0.3 is 6.03 Å². The zero-order chi connectivity index (χ0) is 25.6. The Morgan fingerprint density at radius 2 is 1.57 bits per heavy atom. The van der Waals surface area contributed by atoms with E-state index in [-0.39, 0.29) is 4.90 Å². The van der Waals surface area contributed by atoms with E-state index in [2.05, 4.69) is 15.4 Å². The Balaban J connectivity index is 1.53. The van der Waals surface area contributed by atoms with Crippen molar-refractivity contribution >= 4 is 50.6 Å². The summed E-state index contributed by atoms with van der Waals surface area (Å²) in [5.41, 5.74) is 1.72. The second kappa shape index (κ2) is 11.3. The first-order valence-electron chi connectivity index (χ1n) is 10.8. The second-order valence-corrected chi connectivity index (χ2v) is 11.1. The summed E-state index contributed by atoms with van der Waals surface area (Å²) in [7, 11) is -3.81. The van der Waals surface area contributed by atoms with Gasteiger partial charge in [0.05, 0.1) is 20.5 Å². The molecular formula is C25H27Cl2N3O4S. The quantitative estimate of drug-likeness (QED) is 0.291. The van der Waals surface area contributed by atoms with Gasteiger partial charge in [-0.1, -0.05) is 47.5 Å². The summed E-state index contributed by atoms with van der Waals surface area (Å²) >= 11 is 12.1. The fraction of sp³-hybridized carbons (Fsp3) is 0.240. The molecule has 0 aliphatic heterocycles. The van der Waals surface area contributed by atoms with Crippen molar-refractivity contribution in [3.05, 3.63) is 87.9 Å². The molecule has 0 fully saturated rings. The van der Waals surface area contributed by atoms with Crippen molar-refractivity contribution in [1.29, 1.82) is 0 Å². The summed E-state index contributed by atoms with van der Waals surface area (Å²) in [6, 6.07) is 17.6. The van der Waals surface area contributed by atoms with E-state index in [0.717, 1.165) is 11.1 Å². The van der Waals surface area contributed by atoms with Gasteiger partial charge in [0.15, 0.2) is 0 Å². The van der Waals surface area contributed by atoms with Crippen molar-refractivity contribution in [3.8, 4) is 0 Å². The second-order valence-electron chi connectivity index (χ2n) is 8.66. The van der Waals surface area contributed by atoms with E-state index in [1.807, 2.05) is 6.07 Å². The first-order chi connectivity index (χ1) is 16.4. The van der Waals surface area contributed by atoms with E-state index in [0.29, 0.717) is 40.8 Å². The van der Waals surface area contributed by atoms with Crippen LogP contribution >= 0.6 is 23.2 Å². The first-order valence-corrected chi connectivity index (χ1v) is 13.1. The topological polar surface area (TPSA) is 108 Å². The number of urea groups is 1. The number of anilines is 2. The van der Waals surface area contributed by atoms with Gasteiger partial charge in [-0.2, -0.15) is 0 Å². The number of carbonyl (C=O) groups excluding carboxylic acids is 1. The number of hydrogen-bond acceptors (Lipinski definition) is 4. The van der Waals surface area contributed by atoms with Crippen LogP contribution in [0.2, 0.25) is 10.0 Å². The number of aliphatic hydroxyl groups is 1. The summed E-state index contributed by atoms with van der Waals surface area (Å²) in [6.07, 6.45) is 0.963. The Hall–Kier alpha value is -2.78. The normalized spacial score (nSPS) is 11.7. The fourth-order valence-corrected chi connectivity index (χ4v) is 4.82. The minimum Gasteiger partial charge on any atom is -0.390 e. The predicted octanol–water partition coefficient (Wildman–Crippen LogP) is 5.47. The monoisotopic (exact) mass is 535 g/mol. The lowest BCUT2D eigenvalue weighted by molar-refractivity contribution is 0.0810. The Morgan fingerprint density at radius 1 is 0.943 bits per heavy atom. The van der Waals surface area contributed by atoms with Crippen LogP contribution in [0.4, 0.5) is 16.2 Å². The van der Waals surface area contributed by atoms with Gasteiger partial charge in [0.25, 0.3) is 10.0 Å². The minimum absolute atomic E-state index is 0.0552. The number of sulfonamides is 1. The highest BCUT2D eigenvalue weighted by Gasteiger charge is 2.16. The number of amides is 2. The highest BCUT2D eigenvalue weighted by atomic mass is 35.5. The molecule has 2 amide bonds. The average Bonchev–Trinajstić information content (AvgIpc) is 2.77. The molecule has 0 aromatic heterocycles. The zero-order valence-electron chi connectivity index (χ0n) is 19.3. The van der Waals surface area contributed by atoms with Crippen molar-refractivity contribution in [3.63, 3.8) is 0 Å². The van der Waals surface area contributed by atoms with Gasteiger partial charge in [-0.15, -0.1) is 0 Å². The van der Waals surface area contributed by atoms with Gasteiger partial charge in [-0.25, -0.2) is 13.2 Å². The zero-order valence-corrected chi connectivity index (χ0v) is 21.6. The van der Waals surface area contributed by atoms with E-state index in [1.54, 1.807) is 50.2 Å². The van der Waals surface area contributed by atoms with Gasteiger partial charge in [0.2, 0.25) is 0 Å². The minimum atomic E-state index is -3.81. The van der Waals surface area contributed by atoms with Crippen LogP contribution in [0.5, 0.6) is 0 Å². The Kier molecular flexibility index (Phi) is 8.66. The molecule has 0 saturated carbocycles. The van der Waals surface area contributed by atoms with Gasteiger partial charge in [-0.3, -0.25) is 4.72 Å². The van der Waals surface area contributed by atoms with E-state index in [4.69, 9.17) is 23.2 Å². The summed E-state index contributed by atoms with van der Waals surface area (Å²) in [5, 5.41) is 16.2. The molecule has 4 N–H and O–H groups in total. The Morgan fingerprint density at radius 3 is 2.20 bits per heavy atom. The summed E-state index contributed by atoms with van der Waals surface area (Å²) in [6.45, 7) is 3.77. The van der Waals surface area contributed by atoms with Crippen LogP contribution in [0.3, 0.4) is 0 Å². The number of hydrogen-bond donors (Lipinski definition) is 4. The molecule has 0 radical (unpaired) electrons. The van der Waals surface area contributed by atoms with Crippen LogP contribution in [0.15, 0.2) is 71.6 Å². The van der Waals surface area contributed by atoms with Crippen LogP contribution in [-0.4, -0.2) is 31.7 Å². The lowest BCUT2D eigenvalue weighted by atomic mass is 9.99. The van der Waals surface area contributed by atoms with Crippen molar-refractivity contribution in [2.75, 3.05) is 16.6 Å². The third-order valence-corrected chi connectivity index (χ3v) is 7.23. The number of rotatable bonds is 9. The fourth-order valence-electron chi connectivity index (χ4n) is 3.35. The molecule has 0 bridgehead atoms. The molecule has 0 atom stereocenters. The highest BCUT2D eigenvalue weighted by molar-refractivity contribution is 7.92. The first kappa shape index (κ1) is 26.8. The molecule has 3 rings (SSSR count). The molecule has 10 heteroatoms. The molecule has 186 valence electrons. The summed E-state index contributed by atoms with van der Waals surface area (Å²) < 4.78 is 27.9. The molecule has 0 aliphatic carbocycles. The van der Waals surface area contributed by atoms with Gasteiger partial charge in [0.1, 0.15) is 0 Å². The number of carbonyl (C=O) groups is 1. The molecule has 3 aromatic carbocycles. The van der Waals surface area contributed by atoms with Crippen LogP contribution in [0, 0.1) is 0 Å². The third kappa shape index (κ3) is 8.14. The molecule has 0 heterocycles. The van der Waals surface area contributed by atoms with Gasteiger partial charge < -0.3 is 15.7 Å². The number of benzene rings is 3. The molecule has 0 saturated heterocycles. The molecule has 0 aliphatic rings. The molecular weight excluding hydrogens is 509 g/mol. The SMILES string of the molecule is CC(C)(O)Cc1ccc(NS(=O)(=O)c2ccc(NC(=O)NCCc3cccc(Cl)c3Cl)cc2)cc1. The molecule has 3 aromatic rings. The summed E-state index contributed by atoms with van der Waals surface area (Å²) in [5.74, 6) is 0. The van der Waals surface area contributed by atoms with Crippen LogP contribution in [-0.2, 0) is 22.9 Å². The summed E-state index contributed by atoms with van der Waals surface area (Å²) in [4.78, 5) is 12.2. The van der Waals surface area contributed by atoms with E-state index >= 15 is 0 Å². The molecule has 35 heavy (non-hydrogen) atoms. The van der Waals surface area contributed by atoms with Crippen molar-refractivity contribution in [2.24, 2.45) is 0 Å². The van der Waals surface area contributed by atoms with Gasteiger partial charge in [-0.05, 0) is 73.9 Å². The largest absolute Gasteiger partial charge is 0.390 e. The standard InChI is InChI=1S/C25H27Cl2N3O4S/c1-25(2,32)16-17-6-8-20(9-7-17)30-35(33,34)21-12-10-19(11-13-21)29-24(31)28-15-14-18-4-3-5-22(26)23(18)27/h3-13,30,32H,14-16H2,1-2H3,(H2,28,29,31). The number of halogens is 2. The highest BCUT2D eigenvalue weighted by Crippen LogP contribution is 2.25. The van der Waals surface area contributed by atoms with Crippen LogP contribution < -0.4 is 15.4 Å². The van der Waals surface area contributed by atoms with Crippen molar-refractivity contribution in [2.45, 2.75) is 37.2 Å². The Bertz CT molecular complexity index is 1270. The third-order valence-electron chi connectivity index (χ3n) is 4.98. The maximum atomic E-state index is 12.7. The molecule has 7 nitrogen and oxygen atoms in total. The maximum Gasteiger partial charge on any atom is 0.319 e. The average molecular weight is 536 g/mol. The lowest BCUT2D eigenvalue weighted by Crippen LogP contribution is -2.30. The van der Waals surface area contributed by atoms with Crippen molar-refractivity contribution < 1.29 is 18.3 Å². The smallest absolute Gasteiger partial charge is 0.319 e. The van der Waals surface area contributed by atoms with Crippen molar-refractivity contribution in [1.82, 2.24) is 5.32 Å². The van der Waals surface area contributed by atoms with E-state index in [9.17, 15) is 18.3 Å². The Labute approximate surface area is 215 Å². The molecule has 0 unspecified atom stereocenters. The maximum absolute atomic E-state index is 12.7. The van der Waals surface area contributed by atoms with Crippen LogP contribution in [0.1, 0.15) is 25.0 Å². The number of nitrogens with one attached hydrogen (secondary N) is 3.